The smallest absolute Gasteiger partial charge is 0.315 e. The molecule has 1 fully saturated rings. The summed E-state index contributed by atoms with van der Waals surface area (Å²) in [5, 5.41) is 9.49. The molecule has 7 heteroatoms. The Morgan fingerprint density at radius 1 is 1.53 bits per heavy atom. The summed E-state index contributed by atoms with van der Waals surface area (Å²) in [4.78, 5) is 17.7. The highest BCUT2D eigenvalue weighted by Crippen LogP contribution is 2.02. The van der Waals surface area contributed by atoms with Gasteiger partial charge in [0, 0.05) is 13.1 Å². The van der Waals surface area contributed by atoms with Crippen molar-refractivity contribution in [1.29, 1.82) is 0 Å². The highest BCUT2D eigenvalue weighted by atomic mass is 16.5. The Bertz CT molecular complexity index is 371. The van der Waals surface area contributed by atoms with Crippen LogP contribution >= 0.6 is 0 Å². The van der Waals surface area contributed by atoms with E-state index >= 15 is 0 Å². The molecule has 1 aromatic rings. The summed E-state index contributed by atoms with van der Waals surface area (Å²) < 4.78 is 4.82. The highest BCUT2D eigenvalue weighted by molar-refractivity contribution is 5.90. The lowest BCUT2D eigenvalue weighted by atomic mass is 10.4. The zero-order valence-corrected chi connectivity index (χ0v) is 9.90. The molecule has 0 aromatic carbocycles. The summed E-state index contributed by atoms with van der Waals surface area (Å²) >= 11 is 0. The maximum atomic E-state index is 11.7. The van der Waals surface area contributed by atoms with E-state index in [4.69, 9.17) is 4.52 Å². The van der Waals surface area contributed by atoms with Gasteiger partial charge in [0.05, 0.1) is 6.54 Å². The van der Waals surface area contributed by atoms with E-state index in [-0.39, 0.29) is 11.9 Å². The van der Waals surface area contributed by atoms with Gasteiger partial charge in [0.15, 0.2) is 5.82 Å². The summed E-state index contributed by atoms with van der Waals surface area (Å²) in [5.74, 6) is 0.398. The van der Waals surface area contributed by atoms with Crippen LogP contribution in [0.1, 0.15) is 12.2 Å². The number of rotatable bonds is 3. The molecule has 17 heavy (non-hydrogen) atoms. The molecular weight excluding hydrogens is 222 g/mol. The van der Waals surface area contributed by atoms with Gasteiger partial charge in [-0.05, 0) is 26.4 Å². The molecule has 1 aliphatic heterocycles. The quantitative estimate of drug-likeness (QED) is 0.747. The van der Waals surface area contributed by atoms with Gasteiger partial charge < -0.3 is 9.84 Å². The van der Waals surface area contributed by atoms with E-state index in [2.05, 4.69) is 25.7 Å². The Morgan fingerprint density at radius 3 is 3.18 bits per heavy atom. The Hall–Kier alpha value is -1.47. The van der Waals surface area contributed by atoms with Crippen LogP contribution < -0.4 is 10.6 Å². The zero-order valence-electron chi connectivity index (χ0n) is 9.90. The van der Waals surface area contributed by atoms with Crippen molar-refractivity contribution >= 4 is 11.9 Å². The van der Waals surface area contributed by atoms with Crippen LogP contribution in [0.5, 0.6) is 0 Å². The molecule has 1 aromatic heterocycles. The first-order chi connectivity index (χ1) is 8.24. The lowest BCUT2D eigenvalue weighted by molar-refractivity contribution is -0.117. The van der Waals surface area contributed by atoms with E-state index < -0.39 is 0 Å². The highest BCUT2D eigenvalue weighted by Gasteiger charge is 2.14. The lowest BCUT2D eigenvalue weighted by Crippen LogP contribution is -2.35. The number of aromatic nitrogens is 2. The Morgan fingerprint density at radius 2 is 2.41 bits per heavy atom. The molecule has 0 atom stereocenters. The minimum Gasteiger partial charge on any atom is -0.315 e. The SMILES string of the molecule is Cc1noc(NC(=O)CN2CCCNCC2)n1. The fourth-order valence-corrected chi connectivity index (χ4v) is 1.77. The zero-order chi connectivity index (χ0) is 12.1. The fourth-order valence-electron chi connectivity index (χ4n) is 1.77. The van der Waals surface area contributed by atoms with Crippen molar-refractivity contribution < 1.29 is 9.32 Å². The average molecular weight is 239 g/mol. The van der Waals surface area contributed by atoms with E-state index in [1.54, 1.807) is 6.92 Å². The van der Waals surface area contributed by atoms with Crippen molar-refractivity contribution in [1.82, 2.24) is 20.4 Å². The first-order valence-electron chi connectivity index (χ1n) is 5.77. The van der Waals surface area contributed by atoms with Gasteiger partial charge in [-0.1, -0.05) is 5.16 Å². The first kappa shape index (κ1) is 12.0. The van der Waals surface area contributed by atoms with E-state index in [1.807, 2.05) is 0 Å². The molecular formula is C10H17N5O2. The number of carbonyl (C=O) groups excluding carboxylic acids is 1. The monoisotopic (exact) mass is 239 g/mol. The van der Waals surface area contributed by atoms with Gasteiger partial charge in [0.2, 0.25) is 5.91 Å². The van der Waals surface area contributed by atoms with Crippen LogP contribution in [0.15, 0.2) is 4.52 Å². The second kappa shape index (κ2) is 5.74. The minimum absolute atomic E-state index is 0.115. The summed E-state index contributed by atoms with van der Waals surface area (Å²) in [6, 6.07) is 0.167. The number of hydrogen-bond acceptors (Lipinski definition) is 6. The summed E-state index contributed by atoms with van der Waals surface area (Å²) in [6.45, 7) is 5.83. The Labute approximate surface area is 99.6 Å². The number of nitrogens with one attached hydrogen (secondary N) is 2. The van der Waals surface area contributed by atoms with Crippen molar-refractivity contribution in [2.24, 2.45) is 0 Å². The third-order valence-electron chi connectivity index (χ3n) is 2.57. The third-order valence-corrected chi connectivity index (χ3v) is 2.57. The van der Waals surface area contributed by atoms with Crippen molar-refractivity contribution in [2.75, 3.05) is 38.0 Å². The van der Waals surface area contributed by atoms with Crippen LogP contribution in [0.4, 0.5) is 6.01 Å². The first-order valence-corrected chi connectivity index (χ1v) is 5.77. The average Bonchev–Trinajstić information content (AvgIpc) is 2.53. The van der Waals surface area contributed by atoms with Gasteiger partial charge >= 0.3 is 6.01 Å². The van der Waals surface area contributed by atoms with Crippen LogP contribution in [-0.2, 0) is 4.79 Å². The molecule has 0 saturated carbocycles. The molecule has 0 bridgehead atoms. The summed E-state index contributed by atoms with van der Waals surface area (Å²) in [7, 11) is 0. The Kier molecular flexibility index (Phi) is 4.05. The number of aryl methyl sites for hydroxylation is 1. The number of anilines is 1. The fraction of sp³-hybridized carbons (Fsp3) is 0.700. The molecule has 0 unspecified atom stereocenters. The van der Waals surface area contributed by atoms with Crippen LogP contribution in [0.2, 0.25) is 0 Å². The van der Waals surface area contributed by atoms with E-state index in [0.717, 1.165) is 32.6 Å². The molecule has 2 N–H and O–H groups in total. The molecule has 2 heterocycles. The predicted octanol–water partition coefficient (Wildman–Crippen LogP) is -0.388. The number of amides is 1. The summed E-state index contributed by atoms with van der Waals surface area (Å²) in [5.41, 5.74) is 0. The van der Waals surface area contributed by atoms with Gasteiger partial charge in [0.25, 0.3) is 0 Å². The number of carbonyl (C=O) groups is 1. The maximum absolute atomic E-state index is 11.7. The molecule has 0 aliphatic carbocycles. The Balaban J connectivity index is 1.80. The van der Waals surface area contributed by atoms with Crippen LogP contribution in [0.3, 0.4) is 0 Å². The molecule has 0 radical (unpaired) electrons. The number of nitrogens with zero attached hydrogens (tertiary/aromatic N) is 3. The normalized spacial score (nSPS) is 17.7. The molecule has 7 nitrogen and oxygen atoms in total. The van der Waals surface area contributed by atoms with Crippen LogP contribution in [0.25, 0.3) is 0 Å². The molecule has 2 rings (SSSR count). The van der Waals surface area contributed by atoms with E-state index in [0.29, 0.717) is 12.4 Å². The lowest BCUT2D eigenvalue weighted by Gasteiger charge is -2.17. The molecule has 0 spiro atoms. The van der Waals surface area contributed by atoms with Gasteiger partial charge in [0.1, 0.15) is 0 Å². The predicted molar refractivity (Wildman–Crippen MR) is 61.6 cm³/mol. The molecule has 1 saturated heterocycles. The van der Waals surface area contributed by atoms with Crippen molar-refractivity contribution in [3.8, 4) is 0 Å². The standard InChI is InChI=1S/C10H17N5O2/c1-8-12-10(17-14-8)13-9(16)7-15-5-2-3-11-4-6-15/h11H,2-7H2,1H3,(H,12,13,14,16). The topological polar surface area (TPSA) is 83.3 Å². The minimum atomic E-state index is -0.115. The van der Waals surface area contributed by atoms with Gasteiger partial charge in [-0.3, -0.25) is 15.0 Å². The number of hydrogen-bond donors (Lipinski definition) is 2. The third kappa shape index (κ3) is 3.79. The maximum Gasteiger partial charge on any atom is 0.328 e. The van der Waals surface area contributed by atoms with Gasteiger partial charge in [-0.25, -0.2) is 0 Å². The summed E-state index contributed by atoms with van der Waals surface area (Å²) in [6.07, 6.45) is 1.06. The van der Waals surface area contributed by atoms with Gasteiger partial charge in [-0.2, -0.15) is 4.98 Å². The van der Waals surface area contributed by atoms with Crippen molar-refractivity contribution in [3.63, 3.8) is 0 Å². The van der Waals surface area contributed by atoms with Crippen LogP contribution in [-0.4, -0.2) is 53.7 Å². The van der Waals surface area contributed by atoms with Crippen molar-refractivity contribution in [3.05, 3.63) is 5.82 Å². The van der Waals surface area contributed by atoms with E-state index in [1.165, 1.54) is 0 Å². The van der Waals surface area contributed by atoms with Crippen molar-refractivity contribution in [2.45, 2.75) is 13.3 Å². The van der Waals surface area contributed by atoms with E-state index in [9.17, 15) is 4.79 Å². The largest absolute Gasteiger partial charge is 0.328 e. The molecule has 1 aliphatic rings. The van der Waals surface area contributed by atoms with Gasteiger partial charge in [-0.15, -0.1) is 0 Å². The second-order valence-corrected chi connectivity index (χ2v) is 4.07. The second-order valence-electron chi connectivity index (χ2n) is 4.07. The molecule has 94 valence electrons. The molecule has 1 amide bonds. The van der Waals surface area contributed by atoms with Crippen LogP contribution in [0, 0.1) is 6.92 Å².